The van der Waals surface area contributed by atoms with Gasteiger partial charge >= 0.3 is 10.2 Å². The molecule has 0 spiro atoms. The molecule has 0 aliphatic rings. The maximum atomic E-state index is 12.0. The molecule has 0 nitrogen and oxygen atoms in total. The average Bonchev–Trinajstić information content (AvgIpc) is 1.82. The van der Waals surface area contributed by atoms with Crippen molar-refractivity contribution in [3.05, 3.63) is 29.3 Å². The number of benzene rings is 1. The maximum Gasteiger partial charge on any atom is 0.310 e. The molecule has 0 heterocycles. The van der Waals surface area contributed by atoms with Crippen molar-refractivity contribution in [1.29, 1.82) is 0 Å². The fourth-order valence-corrected chi connectivity index (χ4v) is 1.53. The molecule has 13 heavy (non-hydrogen) atoms. The highest BCUT2D eigenvalue weighted by molar-refractivity contribution is 8.45. The zero-order chi connectivity index (χ0) is 10.4. The van der Waals surface area contributed by atoms with Gasteiger partial charge in [-0.1, -0.05) is 31.0 Å². The van der Waals surface area contributed by atoms with Gasteiger partial charge in [-0.2, -0.15) is 0 Å². The van der Waals surface area contributed by atoms with Gasteiger partial charge in [0.2, 0.25) is 0 Å². The second-order valence-corrected chi connectivity index (χ2v) is 5.20. The minimum atomic E-state index is -9.58. The van der Waals surface area contributed by atoms with Crippen LogP contribution in [0.3, 0.4) is 0 Å². The predicted molar refractivity (Wildman–Crippen MR) is 41.7 cm³/mol. The lowest BCUT2D eigenvalue weighted by molar-refractivity contribution is 0.364. The lowest BCUT2D eigenvalue weighted by Gasteiger charge is -2.40. The molecule has 1 aromatic rings. The highest BCUT2D eigenvalue weighted by Crippen LogP contribution is 3.02. The molecular weight excluding hydrogens is 235 g/mol. The molecule has 0 aliphatic carbocycles. The Labute approximate surface area is 76.0 Å². The second-order valence-electron chi connectivity index (χ2n) is 2.36. The third kappa shape index (κ3) is 2.73. The molecule has 0 saturated heterocycles. The summed E-state index contributed by atoms with van der Waals surface area (Å²) in [6, 6.07) is 3.20. The summed E-state index contributed by atoms with van der Waals surface area (Å²) in [6.45, 7) is 0. The SMILES string of the molecule is FS(F)(F)(F)(F)c1c[c]cc(Cl)c1. The van der Waals surface area contributed by atoms with Crippen LogP contribution in [0.15, 0.2) is 23.1 Å². The van der Waals surface area contributed by atoms with Gasteiger partial charge in [-0.3, -0.25) is 0 Å². The van der Waals surface area contributed by atoms with Crippen LogP contribution in [0.1, 0.15) is 0 Å². The molecule has 0 unspecified atom stereocenters. The van der Waals surface area contributed by atoms with Crippen LogP contribution in [0.25, 0.3) is 0 Å². The first-order valence-electron chi connectivity index (χ1n) is 2.90. The fourth-order valence-electron chi connectivity index (χ4n) is 0.645. The lowest BCUT2D eigenvalue weighted by Crippen LogP contribution is -2.05. The Morgan fingerprint density at radius 3 is 1.92 bits per heavy atom. The summed E-state index contributed by atoms with van der Waals surface area (Å²) >= 11 is 5.13. The molecule has 1 radical (unpaired) electrons. The Bertz CT molecular complexity index is 342. The topological polar surface area (TPSA) is 0 Å². The maximum absolute atomic E-state index is 12.0. The molecule has 0 bridgehead atoms. The molecule has 0 amide bonds. The van der Waals surface area contributed by atoms with E-state index in [1.807, 2.05) is 6.07 Å². The van der Waals surface area contributed by atoms with Gasteiger partial charge in [0.15, 0.2) is 0 Å². The standard InChI is InChI=1S/C6H3ClF5S/c7-5-2-1-3-6(4-5)13(8,9,10,11)12/h2-4H. The van der Waals surface area contributed by atoms with Crippen molar-refractivity contribution < 1.29 is 19.4 Å². The van der Waals surface area contributed by atoms with Crippen LogP contribution in [0.2, 0.25) is 5.02 Å². The predicted octanol–water partition coefficient (Wildman–Crippen LogP) is 4.80. The second kappa shape index (κ2) is 2.12. The van der Waals surface area contributed by atoms with Crippen molar-refractivity contribution in [3.8, 4) is 0 Å². The monoisotopic (exact) mass is 237 g/mol. The van der Waals surface area contributed by atoms with Crippen LogP contribution in [0.5, 0.6) is 0 Å². The summed E-state index contributed by atoms with van der Waals surface area (Å²) in [5, 5.41) is -0.425. The zero-order valence-corrected chi connectivity index (χ0v) is 7.48. The summed E-state index contributed by atoms with van der Waals surface area (Å²) in [5.41, 5.74) is 0. The van der Waals surface area contributed by atoms with Crippen LogP contribution in [0.4, 0.5) is 19.4 Å². The van der Waals surface area contributed by atoms with Crippen LogP contribution in [0, 0.1) is 6.07 Å². The third-order valence-corrected chi connectivity index (χ3v) is 2.52. The first-order valence-corrected chi connectivity index (χ1v) is 5.23. The largest absolute Gasteiger partial charge is 0.310 e. The first-order chi connectivity index (χ1) is 5.49. The number of hydrogen-bond acceptors (Lipinski definition) is 0. The van der Waals surface area contributed by atoms with Gasteiger partial charge in [0, 0.05) is 5.02 Å². The Kier molecular flexibility index (Phi) is 1.72. The molecular formula is C6H3ClF5S. The van der Waals surface area contributed by atoms with Gasteiger partial charge in [-0.25, -0.2) is 0 Å². The van der Waals surface area contributed by atoms with Crippen LogP contribution < -0.4 is 0 Å². The summed E-state index contributed by atoms with van der Waals surface area (Å²) < 4.78 is 60.2. The van der Waals surface area contributed by atoms with Gasteiger partial charge in [-0.05, 0) is 24.3 Å². The molecule has 0 aromatic heterocycles. The molecule has 0 fully saturated rings. The normalized spacial score (nSPS) is 17.7. The summed E-state index contributed by atoms with van der Waals surface area (Å²) in [7, 11) is -9.58. The Balaban J connectivity index is 3.41. The van der Waals surface area contributed by atoms with Crippen molar-refractivity contribution >= 4 is 21.8 Å². The third-order valence-electron chi connectivity index (χ3n) is 1.17. The van der Waals surface area contributed by atoms with E-state index < -0.39 is 20.1 Å². The van der Waals surface area contributed by atoms with E-state index in [1.54, 1.807) is 0 Å². The van der Waals surface area contributed by atoms with E-state index >= 15 is 0 Å². The van der Waals surface area contributed by atoms with E-state index in [4.69, 9.17) is 11.6 Å². The van der Waals surface area contributed by atoms with E-state index in [2.05, 4.69) is 0 Å². The van der Waals surface area contributed by atoms with E-state index in [0.29, 0.717) is 0 Å². The summed E-state index contributed by atoms with van der Waals surface area (Å²) in [6.07, 6.45) is 0. The minimum Gasteiger partial charge on any atom is -0.0936 e. The van der Waals surface area contributed by atoms with E-state index in [0.717, 1.165) is 6.07 Å². The molecule has 1 rings (SSSR count). The number of hydrogen-bond donors (Lipinski definition) is 0. The lowest BCUT2D eigenvalue weighted by atomic mass is 10.4. The summed E-state index contributed by atoms with van der Waals surface area (Å²) in [4.78, 5) is -2.02. The van der Waals surface area contributed by atoms with Crippen LogP contribution in [-0.4, -0.2) is 0 Å². The Morgan fingerprint density at radius 1 is 1.08 bits per heavy atom. The molecule has 75 valence electrons. The van der Waals surface area contributed by atoms with E-state index in [9.17, 15) is 19.4 Å². The fraction of sp³-hybridized carbons (Fsp3) is 0. The summed E-state index contributed by atoms with van der Waals surface area (Å²) in [5.74, 6) is 0. The number of rotatable bonds is 1. The zero-order valence-electron chi connectivity index (χ0n) is 5.91. The van der Waals surface area contributed by atoms with Crippen LogP contribution >= 0.6 is 21.8 Å². The van der Waals surface area contributed by atoms with Crippen molar-refractivity contribution in [2.45, 2.75) is 4.90 Å². The highest BCUT2D eigenvalue weighted by atomic mass is 35.5. The molecule has 7 heteroatoms. The quantitative estimate of drug-likeness (QED) is 0.616. The highest BCUT2D eigenvalue weighted by Gasteiger charge is 2.65. The molecule has 0 saturated carbocycles. The Morgan fingerprint density at radius 2 is 1.62 bits per heavy atom. The van der Waals surface area contributed by atoms with Crippen molar-refractivity contribution in [3.63, 3.8) is 0 Å². The first kappa shape index (κ1) is 10.6. The van der Waals surface area contributed by atoms with Crippen molar-refractivity contribution in [1.82, 2.24) is 0 Å². The van der Waals surface area contributed by atoms with E-state index in [-0.39, 0.29) is 12.1 Å². The number of halogens is 6. The Hall–Kier alpha value is -0.490. The smallest absolute Gasteiger partial charge is 0.0936 e. The molecule has 0 N–H and O–H groups in total. The van der Waals surface area contributed by atoms with Gasteiger partial charge in [0.25, 0.3) is 0 Å². The van der Waals surface area contributed by atoms with Crippen molar-refractivity contribution in [2.75, 3.05) is 0 Å². The average molecular weight is 238 g/mol. The van der Waals surface area contributed by atoms with Gasteiger partial charge in [-0.15, -0.1) is 0 Å². The van der Waals surface area contributed by atoms with E-state index in [1.165, 1.54) is 0 Å². The molecule has 0 aliphatic heterocycles. The van der Waals surface area contributed by atoms with Gasteiger partial charge < -0.3 is 0 Å². The van der Waals surface area contributed by atoms with Crippen LogP contribution in [-0.2, 0) is 0 Å². The molecule has 0 atom stereocenters. The van der Waals surface area contributed by atoms with Gasteiger partial charge in [0.05, 0.1) is 0 Å². The van der Waals surface area contributed by atoms with Gasteiger partial charge in [0.1, 0.15) is 4.90 Å². The minimum absolute atomic E-state index is 0.174. The molecule has 1 aromatic carbocycles. The van der Waals surface area contributed by atoms with Crippen molar-refractivity contribution in [2.24, 2.45) is 0 Å².